The normalized spacial score (nSPS) is 16.9. The van der Waals surface area contributed by atoms with Crippen molar-refractivity contribution in [2.45, 2.75) is 32.2 Å². The lowest BCUT2D eigenvalue weighted by molar-refractivity contribution is -0.157. The second-order valence-electron chi connectivity index (χ2n) is 6.55. The van der Waals surface area contributed by atoms with E-state index < -0.39 is 6.04 Å². The molecule has 148 valence electrons. The predicted molar refractivity (Wildman–Crippen MR) is 104 cm³/mol. The summed E-state index contributed by atoms with van der Waals surface area (Å²) in [5.41, 5.74) is 0.530. The molecule has 0 radical (unpaired) electrons. The highest BCUT2D eigenvalue weighted by Crippen LogP contribution is 2.20. The molecule has 1 heterocycles. The molecule has 7 nitrogen and oxygen atoms in total. The van der Waals surface area contributed by atoms with E-state index in [1.165, 1.54) is 0 Å². The zero-order valence-electron chi connectivity index (χ0n) is 15.7. The van der Waals surface area contributed by atoms with Crippen molar-refractivity contribution in [2.75, 3.05) is 38.6 Å². The molecular weight excluding hydrogens is 370 g/mol. The SMILES string of the molecule is CCOC(=O)[C@H]1CCCCN1C(=O)CN(C)CC(=O)Nc1ccccc1Cl. The van der Waals surface area contributed by atoms with Crippen molar-refractivity contribution in [2.24, 2.45) is 0 Å². The molecule has 0 bridgehead atoms. The van der Waals surface area contributed by atoms with Crippen LogP contribution >= 0.6 is 11.6 Å². The number of carbonyl (C=O) groups is 3. The highest BCUT2D eigenvalue weighted by atomic mass is 35.5. The van der Waals surface area contributed by atoms with Crippen LogP contribution in [0, 0.1) is 0 Å². The Balaban J connectivity index is 1.88. The van der Waals surface area contributed by atoms with Gasteiger partial charge in [0.15, 0.2) is 0 Å². The third-order valence-electron chi connectivity index (χ3n) is 4.35. The van der Waals surface area contributed by atoms with Crippen LogP contribution in [0.5, 0.6) is 0 Å². The van der Waals surface area contributed by atoms with Crippen LogP contribution < -0.4 is 5.32 Å². The van der Waals surface area contributed by atoms with E-state index in [4.69, 9.17) is 16.3 Å². The van der Waals surface area contributed by atoms with Crippen molar-refractivity contribution in [3.8, 4) is 0 Å². The monoisotopic (exact) mass is 395 g/mol. The highest BCUT2D eigenvalue weighted by Gasteiger charge is 2.33. The summed E-state index contributed by atoms with van der Waals surface area (Å²) in [4.78, 5) is 40.1. The number of ether oxygens (including phenoxy) is 1. The number of likely N-dealkylation sites (tertiary alicyclic amines) is 1. The first kappa shape index (κ1) is 21.2. The number of piperidine rings is 1. The first-order valence-corrected chi connectivity index (χ1v) is 9.49. The molecule has 1 aromatic rings. The number of hydrogen-bond acceptors (Lipinski definition) is 5. The Labute approximate surface area is 164 Å². The molecule has 1 aliphatic rings. The summed E-state index contributed by atoms with van der Waals surface area (Å²) in [5, 5.41) is 3.18. The van der Waals surface area contributed by atoms with Crippen LogP contribution in [0.15, 0.2) is 24.3 Å². The lowest BCUT2D eigenvalue weighted by Gasteiger charge is -2.35. The Morgan fingerprint density at radius 1 is 1.26 bits per heavy atom. The van der Waals surface area contributed by atoms with Gasteiger partial charge in [-0.15, -0.1) is 0 Å². The first-order chi connectivity index (χ1) is 12.9. The molecule has 0 aliphatic carbocycles. The fraction of sp³-hybridized carbons (Fsp3) is 0.526. The molecule has 1 N–H and O–H groups in total. The van der Waals surface area contributed by atoms with E-state index in [0.717, 1.165) is 12.8 Å². The fourth-order valence-corrected chi connectivity index (χ4v) is 3.27. The van der Waals surface area contributed by atoms with Gasteiger partial charge in [-0.25, -0.2) is 4.79 Å². The summed E-state index contributed by atoms with van der Waals surface area (Å²) >= 11 is 6.03. The van der Waals surface area contributed by atoms with Crippen molar-refractivity contribution >= 4 is 35.1 Å². The summed E-state index contributed by atoms with van der Waals surface area (Å²) in [6, 6.07) is 6.43. The lowest BCUT2D eigenvalue weighted by atomic mass is 10.0. The number of nitrogens with zero attached hydrogens (tertiary/aromatic N) is 2. The Morgan fingerprint density at radius 3 is 2.70 bits per heavy atom. The van der Waals surface area contributed by atoms with E-state index in [9.17, 15) is 14.4 Å². The molecule has 0 unspecified atom stereocenters. The number of esters is 1. The van der Waals surface area contributed by atoms with Gasteiger partial charge >= 0.3 is 5.97 Å². The number of rotatable bonds is 7. The van der Waals surface area contributed by atoms with Gasteiger partial charge in [0.2, 0.25) is 11.8 Å². The molecule has 1 fully saturated rings. The van der Waals surface area contributed by atoms with Crippen LogP contribution in [0.25, 0.3) is 0 Å². The van der Waals surface area contributed by atoms with Crippen molar-refractivity contribution in [3.63, 3.8) is 0 Å². The molecule has 2 rings (SSSR count). The van der Waals surface area contributed by atoms with Gasteiger partial charge in [0, 0.05) is 6.54 Å². The van der Waals surface area contributed by atoms with E-state index in [2.05, 4.69) is 5.32 Å². The Hall–Kier alpha value is -2.12. The molecule has 1 atom stereocenters. The molecule has 1 aromatic carbocycles. The maximum absolute atomic E-state index is 12.6. The first-order valence-electron chi connectivity index (χ1n) is 9.11. The molecule has 2 amide bonds. The number of likely N-dealkylation sites (N-methyl/N-ethyl adjacent to an activating group) is 1. The third kappa shape index (κ3) is 6.22. The number of benzene rings is 1. The molecule has 0 saturated carbocycles. The second kappa shape index (κ2) is 10.3. The van der Waals surface area contributed by atoms with Crippen LogP contribution in [0.3, 0.4) is 0 Å². The van der Waals surface area contributed by atoms with Crippen molar-refractivity contribution in [1.29, 1.82) is 0 Å². The average Bonchev–Trinajstić information content (AvgIpc) is 2.63. The van der Waals surface area contributed by atoms with Crippen LogP contribution in [0.2, 0.25) is 5.02 Å². The molecule has 0 aromatic heterocycles. The Morgan fingerprint density at radius 2 is 2.00 bits per heavy atom. The number of halogens is 1. The van der Waals surface area contributed by atoms with Gasteiger partial charge in [-0.2, -0.15) is 0 Å². The number of para-hydroxylation sites is 1. The van der Waals surface area contributed by atoms with Crippen molar-refractivity contribution < 1.29 is 19.1 Å². The van der Waals surface area contributed by atoms with Crippen LogP contribution in [0.4, 0.5) is 5.69 Å². The van der Waals surface area contributed by atoms with Gasteiger partial charge in [-0.05, 0) is 45.4 Å². The molecule has 1 aliphatic heterocycles. The van der Waals surface area contributed by atoms with Gasteiger partial charge in [-0.1, -0.05) is 23.7 Å². The highest BCUT2D eigenvalue weighted by molar-refractivity contribution is 6.33. The van der Waals surface area contributed by atoms with Gasteiger partial charge in [0.05, 0.1) is 30.4 Å². The summed E-state index contributed by atoms with van der Waals surface area (Å²) in [6.07, 6.45) is 2.36. The van der Waals surface area contributed by atoms with E-state index >= 15 is 0 Å². The smallest absolute Gasteiger partial charge is 0.328 e. The molecule has 1 saturated heterocycles. The number of hydrogen-bond donors (Lipinski definition) is 1. The minimum Gasteiger partial charge on any atom is -0.464 e. The van der Waals surface area contributed by atoms with Crippen LogP contribution in [-0.4, -0.2) is 66.9 Å². The fourth-order valence-electron chi connectivity index (χ4n) is 3.09. The number of nitrogens with one attached hydrogen (secondary N) is 1. The number of amides is 2. The topological polar surface area (TPSA) is 79.0 Å². The molecule has 0 spiro atoms. The Kier molecular flexibility index (Phi) is 8.06. The maximum atomic E-state index is 12.6. The van der Waals surface area contributed by atoms with E-state index in [1.54, 1.807) is 48.0 Å². The van der Waals surface area contributed by atoms with E-state index in [0.29, 0.717) is 30.3 Å². The van der Waals surface area contributed by atoms with Gasteiger partial charge in [0.1, 0.15) is 6.04 Å². The number of carbonyl (C=O) groups excluding carboxylic acids is 3. The maximum Gasteiger partial charge on any atom is 0.328 e. The summed E-state index contributed by atoms with van der Waals surface area (Å²) in [5.74, 6) is -0.801. The zero-order valence-corrected chi connectivity index (χ0v) is 16.5. The van der Waals surface area contributed by atoms with Crippen molar-refractivity contribution in [3.05, 3.63) is 29.3 Å². The van der Waals surface area contributed by atoms with Crippen molar-refractivity contribution in [1.82, 2.24) is 9.80 Å². The molecular formula is C19H26ClN3O4. The summed E-state index contributed by atoms with van der Waals surface area (Å²) < 4.78 is 5.09. The summed E-state index contributed by atoms with van der Waals surface area (Å²) in [6.45, 7) is 2.65. The minimum atomic E-state index is -0.531. The Bertz CT molecular complexity index is 683. The van der Waals surface area contributed by atoms with Gasteiger partial charge in [-0.3, -0.25) is 14.5 Å². The zero-order chi connectivity index (χ0) is 19.8. The second-order valence-corrected chi connectivity index (χ2v) is 6.96. The summed E-state index contributed by atoms with van der Waals surface area (Å²) in [7, 11) is 1.69. The molecule has 8 heteroatoms. The quantitative estimate of drug-likeness (QED) is 0.716. The largest absolute Gasteiger partial charge is 0.464 e. The van der Waals surface area contributed by atoms with E-state index in [1.807, 2.05) is 0 Å². The van der Waals surface area contributed by atoms with Gasteiger partial charge in [0.25, 0.3) is 0 Å². The third-order valence-corrected chi connectivity index (χ3v) is 4.68. The number of anilines is 1. The van der Waals surface area contributed by atoms with E-state index in [-0.39, 0.29) is 30.9 Å². The molecule has 27 heavy (non-hydrogen) atoms. The van der Waals surface area contributed by atoms with Crippen LogP contribution in [0.1, 0.15) is 26.2 Å². The average molecular weight is 396 g/mol. The standard InChI is InChI=1S/C19H26ClN3O4/c1-3-27-19(26)16-10-6-7-11-23(16)18(25)13-22(2)12-17(24)21-15-9-5-4-8-14(15)20/h4-5,8-9,16H,3,6-7,10-13H2,1-2H3,(H,21,24)/t16-/m1/s1. The predicted octanol–water partition coefficient (Wildman–Crippen LogP) is 2.15. The van der Waals surface area contributed by atoms with Crippen LogP contribution in [-0.2, 0) is 19.1 Å². The lowest BCUT2D eigenvalue weighted by Crippen LogP contribution is -2.51. The minimum absolute atomic E-state index is 0.0366. The van der Waals surface area contributed by atoms with Gasteiger partial charge < -0.3 is 15.0 Å².